The standard InChI is InChI=1S/C26H21FN2O4/c1-2-12-31-22-9-4-3-8-20(22)26(30)32-18-10-11-19-23(14-18)33-25(29)21(15-28)24(19)16-6-5-7-17(27)13-16/h3-11,13-14,24H,2,12,29H2,1H3. The summed E-state index contributed by atoms with van der Waals surface area (Å²) >= 11 is 0. The van der Waals surface area contributed by atoms with Crippen molar-refractivity contribution >= 4 is 5.97 Å². The molecule has 0 aromatic heterocycles. The van der Waals surface area contributed by atoms with E-state index in [9.17, 15) is 14.4 Å². The van der Waals surface area contributed by atoms with Gasteiger partial charge in [0.2, 0.25) is 5.88 Å². The summed E-state index contributed by atoms with van der Waals surface area (Å²) in [6, 6.07) is 19.7. The Labute approximate surface area is 190 Å². The van der Waals surface area contributed by atoms with Gasteiger partial charge in [0, 0.05) is 11.6 Å². The minimum atomic E-state index is -0.609. The second kappa shape index (κ2) is 9.45. The fourth-order valence-electron chi connectivity index (χ4n) is 3.66. The first kappa shape index (κ1) is 21.9. The highest BCUT2D eigenvalue weighted by molar-refractivity contribution is 5.94. The first-order valence-electron chi connectivity index (χ1n) is 10.4. The Kier molecular flexibility index (Phi) is 6.27. The quantitative estimate of drug-likeness (QED) is 0.422. The molecular weight excluding hydrogens is 423 g/mol. The molecule has 3 aromatic rings. The van der Waals surface area contributed by atoms with E-state index in [0.29, 0.717) is 34.8 Å². The second-order valence-electron chi connectivity index (χ2n) is 7.41. The van der Waals surface area contributed by atoms with Gasteiger partial charge in [0.1, 0.15) is 40.3 Å². The number of hydrogen-bond donors (Lipinski definition) is 1. The fraction of sp³-hybridized carbons (Fsp3) is 0.154. The zero-order chi connectivity index (χ0) is 23.4. The molecule has 1 heterocycles. The van der Waals surface area contributed by atoms with Crippen LogP contribution in [-0.2, 0) is 0 Å². The van der Waals surface area contributed by atoms with E-state index in [-0.39, 0.29) is 17.2 Å². The Balaban J connectivity index is 1.66. The summed E-state index contributed by atoms with van der Waals surface area (Å²) in [5.41, 5.74) is 7.65. The number of fused-ring (bicyclic) bond motifs is 1. The topological polar surface area (TPSA) is 94.6 Å². The van der Waals surface area contributed by atoms with Crippen LogP contribution in [0.2, 0.25) is 0 Å². The number of benzene rings is 3. The first-order chi connectivity index (χ1) is 16.0. The summed E-state index contributed by atoms with van der Waals surface area (Å²) in [6.45, 7) is 2.45. The lowest BCUT2D eigenvalue weighted by molar-refractivity contribution is 0.0730. The van der Waals surface area contributed by atoms with Gasteiger partial charge in [-0.25, -0.2) is 9.18 Å². The number of halogens is 1. The summed E-state index contributed by atoms with van der Waals surface area (Å²) < 4.78 is 30.7. The number of esters is 1. The number of carbonyl (C=O) groups is 1. The number of nitriles is 1. The smallest absolute Gasteiger partial charge is 0.347 e. The number of rotatable bonds is 6. The van der Waals surface area contributed by atoms with Crippen LogP contribution in [0.25, 0.3) is 0 Å². The molecule has 1 aliphatic rings. The zero-order valence-corrected chi connectivity index (χ0v) is 17.9. The molecule has 3 aromatic carbocycles. The summed E-state index contributed by atoms with van der Waals surface area (Å²) in [7, 11) is 0. The number of nitrogens with zero attached hydrogens (tertiary/aromatic N) is 1. The lowest BCUT2D eigenvalue weighted by Gasteiger charge is -2.26. The fourth-order valence-corrected chi connectivity index (χ4v) is 3.66. The molecule has 0 aliphatic carbocycles. The molecular formula is C26H21FN2O4. The van der Waals surface area contributed by atoms with Gasteiger partial charge in [-0.3, -0.25) is 0 Å². The molecule has 0 bridgehead atoms. The predicted molar refractivity (Wildman–Crippen MR) is 119 cm³/mol. The molecule has 1 atom stereocenters. The van der Waals surface area contributed by atoms with Gasteiger partial charge < -0.3 is 19.9 Å². The van der Waals surface area contributed by atoms with Gasteiger partial charge in [0.05, 0.1) is 12.5 Å². The molecule has 4 rings (SSSR count). The van der Waals surface area contributed by atoms with Crippen molar-refractivity contribution in [3.05, 3.63) is 101 Å². The Bertz CT molecular complexity index is 1280. The van der Waals surface area contributed by atoms with Crippen LogP contribution in [0, 0.1) is 17.1 Å². The van der Waals surface area contributed by atoms with Crippen LogP contribution in [0.15, 0.2) is 78.2 Å². The average molecular weight is 444 g/mol. The van der Waals surface area contributed by atoms with E-state index in [2.05, 4.69) is 6.07 Å². The summed E-state index contributed by atoms with van der Waals surface area (Å²) in [4.78, 5) is 12.8. The van der Waals surface area contributed by atoms with Gasteiger partial charge in [-0.15, -0.1) is 0 Å². The van der Waals surface area contributed by atoms with Crippen molar-refractivity contribution in [2.45, 2.75) is 19.3 Å². The van der Waals surface area contributed by atoms with E-state index >= 15 is 0 Å². The highest BCUT2D eigenvalue weighted by Gasteiger charge is 2.31. The van der Waals surface area contributed by atoms with Crippen molar-refractivity contribution in [3.63, 3.8) is 0 Å². The molecule has 0 saturated heterocycles. The van der Waals surface area contributed by atoms with E-state index in [1.807, 2.05) is 6.92 Å². The molecule has 2 N–H and O–H groups in total. The van der Waals surface area contributed by atoms with Crippen molar-refractivity contribution in [2.75, 3.05) is 6.61 Å². The van der Waals surface area contributed by atoms with Crippen LogP contribution in [-0.4, -0.2) is 12.6 Å². The van der Waals surface area contributed by atoms with Crippen molar-refractivity contribution in [2.24, 2.45) is 5.73 Å². The zero-order valence-electron chi connectivity index (χ0n) is 17.9. The normalized spacial score (nSPS) is 14.6. The minimum Gasteiger partial charge on any atom is -0.493 e. The largest absolute Gasteiger partial charge is 0.493 e. The molecule has 0 amide bonds. The van der Waals surface area contributed by atoms with E-state index < -0.39 is 17.7 Å². The van der Waals surface area contributed by atoms with Gasteiger partial charge in [-0.2, -0.15) is 5.26 Å². The lowest BCUT2D eigenvalue weighted by Crippen LogP contribution is -2.21. The Morgan fingerprint density at radius 2 is 1.97 bits per heavy atom. The number of nitrogens with two attached hydrogens (primary N) is 1. The van der Waals surface area contributed by atoms with Gasteiger partial charge in [0.15, 0.2) is 0 Å². The Hall–Kier alpha value is -4.31. The molecule has 0 radical (unpaired) electrons. The maximum absolute atomic E-state index is 13.9. The van der Waals surface area contributed by atoms with Gasteiger partial charge in [-0.05, 0) is 42.3 Å². The predicted octanol–water partition coefficient (Wildman–Crippen LogP) is 5.05. The number of para-hydroxylation sites is 1. The maximum atomic E-state index is 13.9. The molecule has 1 aliphatic heterocycles. The van der Waals surface area contributed by atoms with Crippen molar-refractivity contribution in [1.29, 1.82) is 5.26 Å². The number of hydrogen-bond acceptors (Lipinski definition) is 6. The lowest BCUT2D eigenvalue weighted by atomic mass is 9.83. The Morgan fingerprint density at radius 3 is 2.73 bits per heavy atom. The van der Waals surface area contributed by atoms with Crippen molar-refractivity contribution in [3.8, 4) is 23.3 Å². The van der Waals surface area contributed by atoms with Crippen LogP contribution < -0.4 is 19.9 Å². The second-order valence-corrected chi connectivity index (χ2v) is 7.41. The third-order valence-electron chi connectivity index (χ3n) is 5.15. The van der Waals surface area contributed by atoms with Crippen LogP contribution in [0.3, 0.4) is 0 Å². The molecule has 6 nitrogen and oxygen atoms in total. The first-order valence-corrected chi connectivity index (χ1v) is 10.4. The van der Waals surface area contributed by atoms with E-state index in [0.717, 1.165) is 6.42 Å². The summed E-state index contributed by atoms with van der Waals surface area (Å²) in [5.74, 6) is -0.706. The van der Waals surface area contributed by atoms with Crippen LogP contribution >= 0.6 is 0 Å². The van der Waals surface area contributed by atoms with Gasteiger partial charge in [0.25, 0.3) is 0 Å². The summed E-state index contributed by atoms with van der Waals surface area (Å²) in [5, 5.41) is 9.63. The number of ether oxygens (including phenoxy) is 3. The highest BCUT2D eigenvalue weighted by Crippen LogP contribution is 2.43. The maximum Gasteiger partial charge on any atom is 0.347 e. The van der Waals surface area contributed by atoms with E-state index in [4.69, 9.17) is 19.9 Å². The van der Waals surface area contributed by atoms with E-state index in [1.54, 1.807) is 48.5 Å². The van der Waals surface area contributed by atoms with Gasteiger partial charge >= 0.3 is 5.97 Å². The minimum absolute atomic E-state index is 0.0824. The van der Waals surface area contributed by atoms with Crippen LogP contribution in [0.4, 0.5) is 4.39 Å². The molecule has 33 heavy (non-hydrogen) atoms. The van der Waals surface area contributed by atoms with Crippen molar-refractivity contribution < 1.29 is 23.4 Å². The Morgan fingerprint density at radius 1 is 1.15 bits per heavy atom. The number of allylic oxidation sites excluding steroid dienone is 1. The van der Waals surface area contributed by atoms with Crippen molar-refractivity contribution in [1.82, 2.24) is 0 Å². The monoisotopic (exact) mass is 444 g/mol. The van der Waals surface area contributed by atoms with Gasteiger partial charge in [-0.1, -0.05) is 37.3 Å². The average Bonchev–Trinajstić information content (AvgIpc) is 2.82. The molecule has 166 valence electrons. The molecule has 7 heteroatoms. The number of carbonyl (C=O) groups excluding carboxylic acids is 1. The highest BCUT2D eigenvalue weighted by atomic mass is 19.1. The molecule has 0 saturated carbocycles. The van der Waals surface area contributed by atoms with Crippen LogP contribution in [0.5, 0.6) is 17.2 Å². The SMILES string of the molecule is CCCOc1ccccc1C(=O)Oc1ccc2c(c1)OC(N)=C(C#N)C2c1cccc(F)c1. The third-order valence-corrected chi connectivity index (χ3v) is 5.15. The molecule has 0 fully saturated rings. The van der Waals surface area contributed by atoms with E-state index in [1.165, 1.54) is 18.2 Å². The molecule has 0 spiro atoms. The van der Waals surface area contributed by atoms with Crippen LogP contribution in [0.1, 0.15) is 40.7 Å². The third kappa shape index (κ3) is 4.51. The summed E-state index contributed by atoms with van der Waals surface area (Å²) in [6.07, 6.45) is 0.803. The molecule has 1 unspecified atom stereocenters.